The van der Waals surface area contributed by atoms with Crippen molar-refractivity contribution < 1.29 is 9.36 Å². The predicted molar refractivity (Wildman–Crippen MR) is 85.2 cm³/mol. The van der Waals surface area contributed by atoms with Crippen molar-refractivity contribution in [3.63, 3.8) is 0 Å². The molecule has 1 aromatic heterocycles. The summed E-state index contributed by atoms with van der Waals surface area (Å²) in [5.41, 5.74) is 3.34. The first-order chi connectivity index (χ1) is 10.1. The van der Waals surface area contributed by atoms with Crippen LogP contribution in [0.3, 0.4) is 0 Å². The Balaban J connectivity index is 2.04. The Labute approximate surface area is 126 Å². The van der Waals surface area contributed by atoms with Gasteiger partial charge in [0.05, 0.1) is 0 Å². The molecule has 0 unspecified atom stereocenters. The summed E-state index contributed by atoms with van der Waals surface area (Å²) >= 11 is 0. The summed E-state index contributed by atoms with van der Waals surface area (Å²) in [4.78, 5) is 12.2. The zero-order valence-corrected chi connectivity index (χ0v) is 13.0. The molecular formula is C18H23N2O+. The lowest BCUT2D eigenvalue weighted by molar-refractivity contribution is -0.684. The summed E-state index contributed by atoms with van der Waals surface area (Å²) in [5, 5.41) is 3.01. The van der Waals surface area contributed by atoms with E-state index in [2.05, 4.69) is 44.3 Å². The molecule has 21 heavy (non-hydrogen) atoms. The number of carbonyl (C=O) groups is 1. The van der Waals surface area contributed by atoms with E-state index in [1.165, 1.54) is 5.56 Å². The maximum absolute atomic E-state index is 12.2. The maximum Gasteiger partial charge on any atom is 0.290 e. The molecular weight excluding hydrogens is 260 g/mol. The molecule has 1 amide bonds. The first-order valence-electron chi connectivity index (χ1n) is 7.47. The van der Waals surface area contributed by atoms with E-state index >= 15 is 0 Å². The molecule has 1 heterocycles. The maximum atomic E-state index is 12.2. The van der Waals surface area contributed by atoms with E-state index in [9.17, 15) is 4.79 Å². The van der Waals surface area contributed by atoms with E-state index in [1.807, 2.05) is 35.2 Å². The van der Waals surface area contributed by atoms with Crippen molar-refractivity contribution in [2.45, 2.75) is 39.7 Å². The van der Waals surface area contributed by atoms with Crippen molar-refractivity contribution in [1.29, 1.82) is 0 Å². The van der Waals surface area contributed by atoms with Crippen LogP contribution in [-0.4, -0.2) is 5.91 Å². The van der Waals surface area contributed by atoms with Gasteiger partial charge in [-0.1, -0.05) is 39.0 Å². The Morgan fingerprint density at radius 1 is 1.14 bits per heavy atom. The molecule has 0 bridgehead atoms. The summed E-state index contributed by atoms with van der Waals surface area (Å²) < 4.78 is 1.90. The molecule has 110 valence electrons. The Morgan fingerprint density at radius 2 is 1.81 bits per heavy atom. The molecule has 0 radical (unpaired) electrons. The molecule has 0 saturated carbocycles. The van der Waals surface area contributed by atoms with Crippen molar-refractivity contribution in [1.82, 2.24) is 0 Å². The van der Waals surface area contributed by atoms with Gasteiger partial charge in [0.15, 0.2) is 12.4 Å². The number of amides is 1. The van der Waals surface area contributed by atoms with E-state index in [0.717, 1.165) is 17.7 Å². The molecule has 0 atom stereocenters. The first-order valence-corrected chi connectivity index (χ1v) is 7.47. The van der Waals surface area contributed by atoms with Gasteiger partial charge in [-0.3, -0.25) is 4.79 Å². The number of hydrogen-bond acceptors (Lipinski definition) is 1. The van der Waals surface area contributed by atoms with E-state index < -0.39 is 0 Å². The van der Waals surface area contributed by atoms with Gasteiger partial charge in [0, 0.05) is 17.8 Å². The number of benzene rings is 1. The Hall–Kier alpha value is -2.16. The average Bonchev–Trinajstić information content (AvgIpc) is 2.48. The number of anilines is 1. The molecule has 0 aliphatic carbocycles. The van der Waals surface area contributed by atoms with Gasteiger partial charge < -0.3 is 5.32 Å². The van der Waals surface area contributed by atoms with Crippen LogP contribution in [0, 0.1) is 0 Å². The van der Waals surface area contributed by atoms with Crippen LogP contribution >= 0.6 is 0 Å². The number of rotatable bonds is 5. The number of aryl methyl sites for hydroxylation is 1. The highest BCUT2D eigenvalue weighted by Gasteiger charge is 2.12. The second-order valence-corrected chi connectivity index (χ2v) is 5.52. The average molecular weight is 283 g/mol. The first kappa shape index (κ1) is 15.2. The minimum Gasteiger partial charge on any atom is -0.320 e. The zero-order valence-electron chi connectivity index (χ0n) is 13.0. The fourth-order valence-electron chi connectivity index (χ4n) is 2.30. The molecule has 3 nitrogen and oxygen atoms in total. The molecule has 1 aromatic carbocycles. The van der Waals surface area contributed by atoms with Crippen molar-refractivity contribution in [3.8, 4) is 0 Å². The molecule has 0 aliphatic heterocycles. The fraction of sp³-hybridized carbons (Fsp3) is 0.333. The van der Waals surface area contributed by atoms with E-state index in [4.69, 9.17) is 0 Å². The highest BCUT2D eigenvalue weighted by molar-refractivity contribution is 5.90. The van der Waals surface area contributed by atoms with Gasteiger partial charge in [-0.05, 0) is 29.5 Å². The molecule has 2 aromatic rings. The minimum absolute atomic E-state index is 0.00246. The Bertz CT molecular complexity index is 603. The molecule has 2 rings (SSSR count). The number of pyridine rings is 1. The van der Waals surface area contributed by atoms with Gasteiger partial charge in [0.25, 0.3) is 5.91 Å². The predicted octanol–water partition coefficient (Wildman–Crippen LogP) is 3.30. The van der Waals surface area contributed by atoms with Crippen LogP contribution in [0.15, 0.2) is 48.8 Å². The standard InChI is InChI=1S/C18H22N2O/c1-4-15-9-11-20(12-10-15)13-18(21)19-17-8-6-5-7-16(17)14(2)3/h5-12,14H,4,13H2,1-3H3/p+1. The smallest absolute Gasteiger partial charge is 0.290 e. The molecule has 3 heteroatoms. The Morgan fingerprint density at radius 3 is 2.43 bits per heavy atom. The lowest BCUT2D eigenvalue weighted by atomic mass is 10.0. The van der Waals surface area contributed by atoms with Crippen LogP contribution in [-0.2, 0) is 17.8 Å². The SMILES string of the molecule is CCc1cc[n+](CC(=O)Nc2ccccc2C(C)C)cc1. The lowest BCUT2D eigenvalue weighted by Gasteiger charge is -2.12. The topological polar surface area (TPSA) is 33.0 Å². The summed E-state index contributed by atoms with van der Waals surface area (Å²) in [6.45, 7) is 6.71. The number of hydrogen-bond donors (Lipinski definition) is 1. The summed E-state index contributed by atoms with van der Waals surface area (Å²) in [6.07, 6.45) is 4.91. The molecule has 1 N–H and O–H groups in total. The second-order valence-electron chi connectivity index (χ2n) is 5.52. The van der Waals surface area contributed by atoms with Crippen LogP contribution < -0.4 is 9.88 Å². The van der Waals surface area contributed by atoms with Gasteiger partial charge in [0.1, 0.15) is 0 Å². The molecule has 0 fully saturated rings. The minimum atomic E-state index is -0.00246. The van der Waals surface area contributed by atoms with Crippen molar-refractivity contribution >= 4 is 11.6 Å². The van der Waals surface area contributed by atoms with E-state index in [0.29, 0.717) is 12.5 Å². The van der Waals surface area contributed by atoms with Crippen molar-refractivity contribution in [2.75, 3.05) is 5.32 Å². The monoisotopic (exact) mass is 283 g/mol. The summed E-state index contributed by atoms with van der Waals surface area (Å²) in [6, 6.07) is 12.1. The fourth-order valence-corrected chi connectivity index (χ4v) is 2.30. The third-order valence-corrected chi connectivity index (χ3v) is 3.55. The number of para-hydroxylation sites is 1. The van der Waals surface area contributed by atoms with Crippen LogP contribution in [0.4, 0.5) is 5.69 Å². The van der Waals surface area contributed by atoms with Gasteiger partial charge >= 0.3 is 0 Å². The number of carbonyl (C=O) groups excluding carboxylic acids is 1. The van der Waals surface area contributed by atoms with Crippen LogP contribution in [0.25, 0.3) is 0 Å². The highest BCUT2D eigenvalue weighted by Crippen LogP contribution is 2.23. The zero-order chi connectivity index (χ0) is 15.2. The summed E-state index contributed by atoms with van der Waals surface area (Å²) in [7, 11) is 0. The lowest BCUT2D eigenvalue weighted by Crippen LogP contribution is -2.39. The molecule has 0 saturated heterocycles. The third-order valence-electron chi connectivity index (χ3n) is 3.55. The molecule has 0 spiro atoms. The quantitative estimate of drug-likeness (QED) is 0.839. The van der Waals surface area contributed by atoms with Gasteiger partial charge in [-0.25, -0.2) is 0 Å². The number of aromatic nitrogens is 1. The van der Waals surface area contributed by atoms with Gasteiger partial charge in [-0.15, -0.1) is 0 Å². The number of nitrogens with one attached hydrogen (secondary N) is 1. The number of nitrogens with zero attached hydrogens (tertiary/aromatic N) is 1. The normalized spacial score (nSPS) is 10.7. The second kappa shape index (κ2) is 7.02. The largest absolute Gasteiger partial charge is 0.320 e. The van der Waals surface area contributed by atoms with E-state index in [-0.39, 0.29) is 5.91 Å². The Kier molecular flexibility index (Phi) is 5.09. The van der Waals surface area contributed by atoms with Crippen LogP contribution in [0.1, 0.15) is 37.8 Å². The van der Waals surface area contributed by atoms with Crippen molar-refractivity contribution in [2.24, 2.45) is 0 Å². The van der Waals surface area contributed by atoms with E-state index in [1.54, 1.807) is 0 Å². The highest BCUT2D eigenvalue weighted by atomic mass is 16.1. The third kappa shape index (κ3) is 4.15. The summed E-state index contributed by atoms with van der Waals surface area (Å²) in [5.74, 6) is 0.385. The van der Waals surface area contributed by atoms with Crippen LogP contribution in [0.5, 0.6) is 0 Å². The van der Waals surface area contributed by atoms with Crippen LogP contribution in [0.2, 0.25) is 0 Å². The molecule has 0 aliphatic rings. The van der Waals surface area contributed by atoms with Gasteiger partial charge in [0.2, 0.25) is 6.54 Å². The van der Waals surface area contributed by atoms with Crippen molar-refractivity contribution in [3.05, 3.63) is 59.9 Å². The van der Waals surface area contributed by atoms with Gasteiger partial charge in [-0.2, -0.15) is 4.57 Å².